The van der Waals surface area contributed by atoms with Crippen molar-refractivity contribution < 1.29 is 23.9 Å². The van der Waals surface area contributed by atoms with Gasteiger partial charge in [0.25, 0.3) is 0 Å². The molecule has 32 heavy (non-hydrogen) atoms. The van der Waals surface area contributed by atoms with Crippen molar-refractivity contribution >= 4 is 29.0 Å². The van der Waals surface area contributed by atoms with Crippen LogP contribution in [0.3, 0.4) is 0 Å². The van der Waals surface area contributed by atoms with E-state index in [0.717, 1.165) is 10.4 Å². The lowest BCUT2D eigenvalue weighted by atomic mass is 10.0. The summed E-state index contributed by atoms with van der Waals surface area (Å²) in [6, 6.07) is 19.0. The number of hydrogen-bond acceptors (Lipinski definition) is 6. The second-order valence-corrected chi connectivity index (χ2v) is 8.37. The molecule has 0 aliphatic carbocycles. The SMILES string of the molecule is COC(=O)[C@H](Cc1ccc(OC)cc1)NC(=O)[C@H](C)c1ccc(C(=O)c2ccccc2)s1. The first-order valence-electron chi connectivity index (χ1n) is 10.1. The van der Waals surface area contributed by atoms with Crippen LogP contribution in [0, 0.1) is 0 Å². The minimum Gasteiger partial charge on any atom is -0.497 e. The number of rotatable bonds is 9. The zero-order chi connectivity index (χ0) is 23.1. The summed E-state index contributed by atoms with van der Waals surface area (Å²) in [6.45, 7) is 1.75. The molecular weight excluding hydrogens is 426 g/mol. The largest absolute Gasteiger partial charge is 0.497 e. The Labute approximate surface area is 191 Å². The lowest BCUT2D eigenvalue weighted by molar-refractivity contribution is -0.145. The molecule has 7 heteroatoms. The molecule has 0 saturated carbocycles. The number of carbonyl (C=O) groups is 3. The van der Waals surface area contributed by atoms with Crippen molar-refractivity contribution in [2.75, 3.05) is 14.2 Å². The summed E-state index contributed by atoms with van der Waals surface area (Å²) >= 11 is 1.28. The molecule has 6 nitrogen and oxygen atoms in total. The lowest BCUT2D eigenvalue weighted by Crippen LogP contribution is -2.44. The van der Waals surface area contributed by atoms with Crippen LogP contribution in [-0.4, -0.2) is 37.9 Å². The van der Waals surface area contributed by atoms with Crippen LogP contribution in [0.2, 0.25) is 0 Å². The second kappa shape index (κ2) is 10.7. The van der Waals surface area contributed by atoms with Crippen molar-refractivity contribution in [3.8, 4) is 5.75 Å². The number of benzene rings is 2. The third-order valence-electron chi connectivity index (χ3n) is 5.11. The Kier molecular flexibility index (Phi) is 7.78. The molecule has 0 radical (unpaired) electrons. The standard InChI is InChI=1S/C25H25NO5S/c1-16(21-13-14-22(32-21)23(27)18-7-5-4-6-8-18)24(28)26-20(25(29)31-3)15-17-9-11-19(30-2)12-10-17/h4-14,16,20H,15H2,1-3H3,(H,26,28)/t16-,20+/m1/s1. The van der Waals surface area contributed by atoms with Gasteiger partial charge in [0.1, 0.15) is 11.8 Å². The number of amides is 1. The number of ether oxygens (including phenoxy) is 2. The van der Waals surface area contributed by atoms with E-state index in [9.17, 15) is 14.4 Å². The van der Waals surface area contributed by atoms with E-state index in [4.69, 9.17) is 9.47 Å². The zero-order valence-corrected chi connectivity index (χ0v) is 19.0. The molecule has 0 aliphatic rings. The normalized spacial score (nSPS) is 12.5. The molecule has 3 rings (SSSR count). The first-order chi connectivity index (χ1) is 15.4. The molecule has 0 spiro atoms. The van der Waals surface area contributed by atoms with Gasteiger partial charge in [-0.25, -0.2) is 4.79 Å². The van der Waals surface area contributed by atoms with E-state index in [1.54, 1.807) is 50.4 Å². The highest BCUT2D eigenvalue weighted by Crippen LogP contribution is 2.27. The molecule has 2 atom stereocenters. The maximum atomic E-state index is 12.9. The molecule has 0 bridgehead atoms. The van der Waals surface area contributed by atoms with Crippen LogP contribution in [0.1, 0.15) is 38.5 Å². The Morgan fingerprint density at radius 1 is 0.938 bits per heavy atom. The minimum atomic E-state index is -0.825. The molecule has 0 aliphatic heterocycles. The molecule has 3 aromatic rings. The van der Waals surface area contributed by atoms with Crippen molar-refractivity contribution in [3.63, 3.8) is 0 Å². The summed E-state index contributed by atoms with van der Waals surface area (Å²) in [7, 11) is 2.87. The molecule has 0 saturated heterocycles. The summed E-state index contributed by atoms with van der Waals surface area (Å²) in [5.74, 6) is -0.733. The van der Waals surface area contributed by atoms with Gasteiger partial charge in [0, 0.05) is 16.9 Å². The number of thiophene rings is 1. The van der Waals surface area contributed by atoms with Crippen molar-refractivity contribution in [2.45, 2.75) is 25.3 Å². The summed E-state index contributed by atoms with van der Waals surface area (Å²) in [4.78, 5) is 39.1. The molecule has 1 heterocycles. The first-order valence-corrected chi connectivity index (χ1v) is 10.9. The van der Waals surface area contributed by atoms with E-state index in [1.807, 2.05) is 30.3 Å². The van der Waals surface area contributed by atoms with Gasteiger partial charge in [-0.05, 0) is 36.8 Å². The fourth-order valence-electron chi connectivity index (χ4n) is 3.20. The summed E-state index contributed by atoms with van der Waals surface area (Å²) in [5, 5.41) is 2.79. The van der Waals surface area contributed by atoms with Gasteiger partial charge in [-0.2, -0.15) is 0 Å². The van der Waals surface area contributed by atoms with Crippen LogP contribution in [-0.2, 0) is 20.7 Å². The smallest absolute Gasteiger partial charge is 0.328 e. The Bertz CT molecular complexity index is 1080. The fourth-order valence-corrected chi connectivity index (χ4v) is 4.22. The van der Waals surface area contributed by atoms with Gasteiger partial charge in [-0.1, -0.05) is 42.5 Å². The van der Waals surface area contributed by atoms with E-state index in [2.05, 4.69) is 5.32 Å². The molecular formula is C25H25NO5S. The summed E-state index contributed by atoms with van der Waals surface area (Å²) in [6.07, 6.45) is 0.289. The average molecular weight is 452 g/mol. The fraction of sp³-hybridized carbons (Fsp3) is 0.240. The molecule has 1 N–H and O–H groups in total. The number of ketones is 1. The highest BCUT2D eigenvalue weighted by molar-refractivity contribution is 7.14. The summed E-state index contributed by atoms with van der Waals surface area (Å²) < 4.78 is 10.0. The monoisotopic (exact) mass is 451 g/mol. The maximum Gasteiger partial charge on any atom is 0.328 e. The van der Waals surface area contributed by atoms with E-state index < -0.39 is 17.9 Å². The second-order valence-electron chi connectivity index (χ2n) is 7.26. The number of hydrogen-bond donors (Lipinski definition) is 1. The third-order valence-corrected chi connectivity index (χ3v) is 6.37. The molecule has 0 unspecified atom stereocenters. The van der Waals surface area contributed by atoms with Crippen LogP contribution in [0.4, 0.5) is 0 Å². The van der Waals surface area contributed by atoms with Gasteiger partial charge in [0.05, 0.1) is 25.0 Å². The van der Waals surface area contributed by atoms with E-state index >= 15 is 0 Å². The molecule has 1 aromatic heterocycles. The van der Waals surface area contributed by atoms with Crippen LogP contribution in [0.25, 0.3) is 0 Å². The number of esters is 1. The lowest BCUT2D eigenvalue weighted by Gasteiger charge is -2.19. The van der Waals surface area contributed by atoms with Crippen molar-refractivity contribution in [1.82, 2.24) is 5.32 Å². The molecule has 1 amide bonds. The zero-order valence-electron chi connectivity index (χ0n) is 18.2. The quantitative estimate of drug-likeness (QED) is 0.393. The van der Waals surface area contributed by atoms with Gasteiger partial charge < -0.3 is 14.8 Å². The van der Waals surface area contributed by atoms with Crippen molar-refractivity contribution in [1.29, 1.82) is 0 Å². The molecule has 0 fully saturated rings. The predicted molar refractivity (Wildman–Crippen MR) is 123 cm³/mol. The van der Waals surface area contributed by atoms with Crippen LogP contribution >= 0.6 is 11.3 Å². The van der Waals surface area contributed by atoms with Crippen LogP contribution < -0.4 is 10.1 Å². The number of carbonyl (C=O) groups excluding carboxylic acids is 3. The third kappa shape index (κ3) is 5.62. The van der Waals surface area contributed by atoms with E-state index in [-0.39, 0.29) is 18.1 Å². The molecule has 166 valence electrons. The van der Waals surface area contributed by atoms with Crippen molar-refractivity contribution in [3.05, 3.63) is 87.6 Å². The van der Waals surface area contributed by atoms with E-state index in [0.29, 0.717) is 16.2 Å². The first kappa shape index (κ1) is 23.2. The highest BCUT2D eigenvalue weighted by atomic mass is 32.1. The number of methoxy groups -OCH3 is 2. The van der Waals surface area contributed by atoms with Crippen LogP contribution in [0.15, 0.2) is 66.7 Å². The topological polar surface area (TPSA) is 81.7 Å². The van der Waals surface area contributed by atoms with Gasteiger partial charge >= 0.3 is 5.97 Å². The number of nitrogens with one attached hydrogen (secondary N) is 1. The van der Waals surface area contributed by atoms with Gasteiger partial charge in [-0.3, -0.25) is 9.59 Å². The Balaban J connectivity index is 1.69. The Morgan fingerprint density at radius 3 is 2.25 bits per heavy atom. The van der Waals surface area contributed by atoms with Crippen molar-refractivity contribution in [2.24, 2.45) is 0 Å². The predicted octanol–water partition coefficient (Wildman–Crippen LogP) is 3.99. The van der Waals surface area contributed by atoms with E-state index in [1.165, 1.54) is 18.4 Å². The minimum absolute atomic E-state index is 0.0820. The average Bonchev–Trinajstić information content (AvgIpc) is 3.33. The van der Waals surface area contributed by atoms with Gasteiger partial charge in [-0.15, -0.1) is 11.3 Å². The van der Waals surface area contributed by atoms with Gasteiger partial charge in [0.2, 0.25) is 11.7 Å². The van der Waals surface area contributed by atoms with Gasteiger partial charge in [0.15, 0.2) is 0 Å². The molecule has 2 aromatic carbocycles. The highest BCUT2D eigenvalue weighted by Gasteiger charge is 2.26. The van der Waals surface area contributed by atoms with Crippen LogP contribution in [0.5, 0.6) is 5.75 Å². The maximum absolute atomic E-state index is 12.9. The Hall–Kier alpha value is -3.45. The summed E-state index contributed by atoms with van der Waals surface area (Å²) in [5.41, 5.74) is 1.46. The Morgan fingerprint density at radius 2 is 1.62 bits per heavy atom.